The number of amides is 2. The first kappa shape index (κ1) is 15.4. The number of aryl methyl sites for hydroxylation is 2. The summed E-state index contributed by atoms with van der Waals surface area (Å²) in [5, 5.41) is 10.7. The number of carbonyl (C=O) groups is 1. The molecule has 1 fully saturated rings. The summed E-state index contributed by atoms with van der Waals surface area (Å²) >= 11 is 0. The van der Waals surface area contributed by atoms with Gasteiger partial charge in [0, 0.05) is 19.6 Å². The van der Waals surface area contributed by atoms with Crippen LogP contribution >= 0.6 is 0 Å². The lowest BCUT2D eigenvalue weighted by atomic mass is 10.1. The van der Waals surface area contributed by atoms with Crippen LogP contribution in [-0.2, 0) is 0 Å². The van der Waals surface area contributed by atoms with Gasteiger partial charge in [0.2, 0.25) is 0 Å². The predicted octanol–water partition coefficient (Wildman–Crippen LogP) is 2.87. The van der Waals surface area contributed by atoms with Gasteiger partial charge in [0.1, 0.15) is 0 Å². The van der Waals surface area contributed by atoms with Crippen LogP contribution in [0.4, 0.5) is 10.5 Å². The van der Waals surface area contributed by atoms with E-state index in [4.69, 9.17) is 5.41 Å². The van der Waals surface area contributed by atoms with Gasteiger partial charge < -0.3 is 4.90 Å². The molecule has 0 aliphatic carbocycles. The van der Waals surface area contributed by atoms with Gasteiger partial charge in [-0.1, -0.05) is 18.2 Å². The molecule has 1 heterocycles. The van der Waals surface area contributed by atoms with Gasteiger partial charge >= 0.3 is 6.03 Å². The number of nitrogens with one attached hydrogen (secondary N) is 2. The van der Waals surface area contributed by atoms with E-state index in [1.54, 1.807) is 4.90 Å². The molecule has 5 heteroatoms. The molecule has 0 aromatic heterocycles. The highest BCUT2D eigenvalue weighted by atomic mass is 16.2. The van der Waals surface area contributed by atoms with Crippen LogP contribution < -0.4 is 10.2 Å². The van der Waals surface area contributed by atoms with Crippen LogP contribution in [0.1, 0.15) is 30.9 Å². The zero-order valence-electron chi connectivity index (χ0n) is 13.1. The number of carbonyl (C=O) groups excluding carboxylic acids is 1. The van der Waals surface area contributed by atoms with Crippen LogP contribution in [0.25, 0.3) is 0 Å². The lowest BCUT2D eigenvalue weighted by Crippen LogP contribution is -2.48. The Morgan fingerprint density at radius 3 is 2.38 bits per heavy atom. The summed E-state index contributed by atoms with van der Waals surface area (Å²) in [5.41, 5.74) is 3.08. The Kier molecular flexibility index (Phi) is 4.83. The highest BCUT2D eigenvalue weighted by Crippen LogP contribution is 2.24. The number of anilines is 1. The first-order chi connectivity index (χ1) is 10.0. The van der Waals surface area contributed by atoms with Crippen molar-refractivity contribution in [2.24, 2.45) is 0 Å². The molecule has 2 amide bonds. The fourth-order valence-electron chi connectivity index (χ4n) is 2.82. The number of hydrogen-bond acceptors (Lipinski definition) is 2. The second-order valence-corrected chi connectivity index (χ2v) is 5.46. The maximum Gasteiger partial charge on any atom is 0.328 e. The quantitative estimate of drug-likeness (QED) is 0.649. The minimum absolute atomic E-state index is 0.210. The maximum atomic E-state index is 12.5. The summed E-state index contributed by atoms with van der Waals surface area (Å²) in [5.74, 6) is 0.210. The average molecular weight is 288 g/mol. The highest BCUT2D eigenvalue weighted by molar-refractivity contribution is 6.03. The van der Waals surface area contributed by atoms with Gasteiger partial charge in [0.15, 0.2) is 5.96 Å². The molecule has 0 radical (unpaired) electrons. The van der Waals surface area contributed by atoms with Crippen molar-refractivity contribution >= 4 is 17.7 Å². The van der Waals surface area contributed by atoms with Gasteiger partial charge in [0.25, 0.3) is 0 Å². The van der Waals surface area contributed by atoms with E-state index in [0.717, 1.165) is 42.7 Å². The summed E-state index contributed by atoms with van der Waals surface area (Å²) in [6, 6.07) is 5.77. The summed E-state index contributed by atoms with van der Waals surface area (Å²) < 4.78 is 0. The Morgan fingerprint density at radius 2 is 1.86 bits per heavy atom. The third-order valence-corrected chi connectivity index (χ3v) is 3.92. The topological polar surface area (TPSA) is 59.4 Å². The summed E-state index contributed by atoms with van der Waals surface area (Å²) in [6.45, 7) is 8.24. The van der Waals surface area contributed by atoms with Gasteiger partial charge in [-0.2, -0.15) is 0 Å². The average Bonchev–Trinajstić information content (AvgIpc) is 2.97. The molecule has 1 aromatic carbocycles. The number of para-hydroxylation sites is 1. The number of rotatable bonds is 2. The zero-order chi connectivity index (χ0) is 15.4. The van der Waals surface area contributed by atoms with Crippen molar-refractivity contribution in [3.8, 4) is 0 Å². The molecule has 0 bridgehead atoms. The number of benzene rings is 1. The molecule has 1 aromatic rings. The summed E-state index contributed by atoms with van der Waals surface area (Å²) in [6.07, 6.45) is 2.18. The van der Waals surface area contributed by atoms with E-state index in [0.29, 0.717) is 6.54 Å². The molecular weight excluding hydrogens is 264 g/mol. The van der Waals surface area contributed by atoms with Gasteiger partial charge in [-0.05, 0) is 44.7 Å². The molecule has 114 valence electrons. The van der Waals surface area contributed by atoms with Crippen molar-refractivity contribution in [2.75, 3.05) is 24.5 Å². The molecule has 1 saturated heterocycles. The molecule has 0 spiro atoms. The van der Waals surface area contributed by atoms with E-state index >= 15 is 0 Å². The van der Waals surface area contributed by atoms with Crippen molar-refractivity contribution in [3.05, 3.63) is 29.3 Å². The van der Waals surface area contributed by atoms with E-state index in [9.17, 15) is 4.79 Å². The van der Waals surface area contributed by atoms with Gasteiger partial charge in [0.05, 0.1) is 5.69 Å². The molecule has 0 saturated carbocycles. The molecule has 2 rings (SSSR count). The fraction of sp³-hybridized carbons (Fsp3) is 0.500. The molecule has 0 unspecified atom stereocenters. The second-order valence-electron chi connectivity index (χ2n) is 5.46. The molecule has 21 heavy (non-hydrogen) atoms. The van der Waals surface area contributed by atoms with Gasteiger partial charge in [-0.25, -0.2) is 4.79 Å². The van der Waals surface area contributed by atoms with Crippen LogP contribution in [0.5, 0.6) is 0 Å². The highest BCUT2D eigenvalue weighted by Gasteiger charge is 2.22. The Balaban J connectivity index is 2.13. The van der Waals surface area contributed by atoms with E-state index in [1.165, 1.54) is 0 Å². The number of nitrogens with zero attached hydrogens (tertiary/aromatic N) is 2. The van der Waals surface area contributed by atoms with Crippen molar-refractivity contribution in [3.63, 3.8) is 0 Å². The van der Waals surface area contributed by atoms with Crippen molar-refractivity contribution in [1.82, 2.24) is 10.2 Å². The largest absolute Gasteiger partial charge is 0.343 e. The van der Waals surface area contributed by atoms with Crippen LogP contribution in [0.3, 0.4) is 0 Å². The van der Waals surface area contributed by atoms with E-state index < -0.39 is 0 Å². The second kappa shape index (κ2) is 6.61. The van der Waals surface area contributed by atoms with E-state index in [-0.39, 0.29) is 12.0 Å². The minimum atomic E-state index is -0.230. The smallest absolute Gasteiger partial charge is 0.328 e. The SMILES string of the molecule is CCN(C(=O)NC(=N)N1CCCC1)c1c(C)cccc1C. The summed E-state index contributed by atoms with van der Waals surface area (Å²) in [7, 11) is 0. The Hall–Kier alpha value is -2.04. The Morgan fingerprint density at radius 1 is 1.29 bits per heavy atom. The molecular formula is C16H24N4O. The normalized spacial score (nSPS) is 14.1. The van der Waals surface area contributed by atoms with Crippen molar-refractivity contribution in [2.45, 2.75) is 33.6 Å². The third kappa shape index (κ3) is 3.35. The first-order valence-electron chi connectivity index (χ1n) is 7.52. The predicted molar refractivity (Wildman–Crippen MR) is 86.0 cm³/mol. The summed E-state index contributed by atoms with van der Waals surface area (Å²) in [4.78, 5) is 16.1. The van der Waals surface area contributed by atoms with Crippen molar-refractivity contribution < 1.29 is 4.79 Å². The number of hydrogen-bond donors (Lipinski definition) is 2. The molecule has 5 nitrogen and oxygen atoms in total. The molecule has 1 aliphatic heterocycles. The fourth-order valence-corrected chi connectivity index (χ4v) is 2.82. The van der Waals surface area contributed by atoms with Crippen LogP contribution in [0.2, 0.25) is 0 Å². The number of urea groups is 1. The third-order valence-electron chi connectivity index (χ3n) is 3.92. The van der Waals surface area contributed by atoms with Gasteiger partial charge in [-0.15, -0.1) is 0 Å². The molecule has 1 aliphatic rings. The Bertz CT molecular complexity index is 515. The number of guanidine groups is 1. The Labute approximate surface area is 126 Å². The van der Waals surface area contributed by atoms with E-state index in [2.05, 4.69) is 5.32 Å². The van der Waals surface area contributed by atoms with Crippen LogP contribution in [0, 0.1) is 19.3 Å². The molecule has 0 atom stereocenters. The lowest BCUT2D eigenvalue weighted by molar-refractivity contribution is 0.249. The zero-order valence-corrected chi connectivity index (χ0v) is 13.1. The monoisotopic (exact) mass is 288 g/mol. The standard InChI is InChI=1S/C16H24N4O/c1-4-20(14-12(2)8-7-9-13(14)3)16(21)18-15(17)19-10-5-6-11-19/h7-9H,4-6,10-11H2,1-3H3,(H2,17,18,21). The molecule has 2 N–H and O–H groups in total. The van der Waals surface area contributed by atoms with Gasteiger partial charge in [-0.3, -0.25) is 15.6 Å². The first-order valence-corrected chi connectivity index (χ1v) is 7.52. The van der Waals surface area contributed by atoms with Crippen molar-refractivity contribution in [1.29, 1.82) is 5.41 Å². The van der Waals surface area contributed by atoms with E-state index in [1.807, 2.05) is 43.9 Å². The van der Waals surface area contributed by atoms with Crippen LogP contribution in [-0.4, -0.2) is 36.5 Å². The maximum absolute atomic E-state index is 12.5. The minimum Gasteiger partial charge on any atom is -0.343 e. The number of likely N-dealkylation sites (tertiary alicyclic amines) is 1. The lowest BCUT2D eigenvalue weighted by Gasteiger charge is -2.27. The van der Waals surface area contributed by atoms with Crippen LogP contribution in [0.15, 0.2) is 18.2 Å².